The molecule has 0 unspecified atom stereocenters. The Balaban J connectivity index is 2.02. The van der Waals surface area contributed by atoms with Gasteiger partial charge in [0, 0.05) is 11.5 Å². The first-order valence-corrected chi connectivity index (χ1v) is 7.64. The minimum Gasteiger partial charge on any atom is -0.423 e. The molecule has 4 nitrogen and oxygen atoms in total. The molecule has 0 atom stereocenters. The van der Waals surface area contributed by atoms with Gasteiger partial charge in [-0.3, -0.25) is 0 Å². The number of rotatable bonds is 4. The van der Waals surface area contributed by atoms with Crippen LogP contribution in [0.3, 0.4) is 0 Å². The highest BCUT2D eigenvalue weighted by molar-refractivity contribution is 6.03. The normalized spacial score (nSPS) is 13.2. The summed E-state index contributed by atoms with van der Waals surface area (Å²) in [6.07, 6.45) is 8.38. The summed E-state index contributed by atoms with van der Waals surface area (Å²) in [6, 6.07) is 10.7. The lowest BCUT2D eigenvalue weighted by molar-refractivity contribution is -0.128. The van der Waals surface area contributed by atoms with E-state index < -0.39 is 11.9 Å². The van der Waals surface area contributed by atoms with Gasteiger partial charge < -0.3 is 9.47 Å². The second-order valence-corrected chi connectivity index (χ2v) is 5.26. The minimum absolute atomic E-state index is 0.184. The van der Waals surface area contributed by atoms with Gasteiger partial charge in [-0.05, 0) is 36.4 Å². The maximum Gasteiger partial charge on any atom is 0.347 e. The molecule has 120 valence electrons. The Hall–Kier alpha value is -3.14. The topological polar surface area (TPSA) is 52.6 Å². The van der Waals surface area contributed by atoms with Crippen molar-refractivity contribution in [1.29, 1.82) is 0 Å². The number of allylic oxidation sites excluding steroid dienone is 3. The van der Waals surface area contributed by atoms with Gasteiger partial charge >= 0.3 is 11.9 Å². The van der Waals surface area contributed by atoms with Crippen molar-refractivity contribution >= 4 is 22.7 Å². The molecule has 24 heavy (non-hydrogen) atoms. The molecule has 1 aliphatic carbocycles. The molecule has 0 fully saturated rings. The van der Waals surface area contributed by atoms with Crippen LogP contribution in [0.2, 0.25) is 0 Å². The zero-order chi connectivity index (χ0) is 16.9. The lowest BCUT2D eigenvalue weighted by Gasteiger charge is -2.13. The van der Waals surface area contributed by atoms with E-state index in [-0.39, 0.29) is 11.3 Å². The van der Waals surface area contributed by atoms with Crippen LogP contribution >= 0.6 is 0 Å². The van der Waals surface area contributed by atoms with E-state index in [1.165, 1.54) is 0 Å². The third kappa shape index (κ3) is 3.27. The number of fused-ring (bicyclic) bond motifs is 1. The van der Waals surface area contributed by atoms with Crippen LogP contribution in [0.25, 0.3) is 10.8 Å². The van der Waals surface area contributed by atoms with Gasteiger partial charge in [0.2, 0.25) is 0 Å². The molecule has 0 spiro atoms. The van der Waals surface area contributed by atoms with Gasteiger partial charge in [-0.25, -0.2) is 9.59 Å². The second kappa shape index (κ2) is 6.96. The van der Waals surface area contributed by atoms with E-state index in [9.17, 15) is 9.59 Å². The molecule has 0 bridgehead atoms. The number of ether oxygens (including phenoxy) is 2. The lowest BCUT2D eigenvalue weighted by atomic mass is 10.1. The molecule has 0 aromatic heterocycles. The first-order valence-electron chi connectivity index (χ1n) is 7.64. The van der Waals surface area contributed by atoms with Gasteiger partial charge in [0.1, 0.15) is 11.3 Å². The summed E-state index contributed by atoms with van der Waals surface area (Å²) in [7, 11) is 0. The van der Waals surface area contributed by atoms with Crippen LogP contribution in [0.15, 0.2) is 73.0 Å². The molecule has 0 saturated heterocycles. The maximum atomic E-state index is 12.5. The Morgan fingerprint density at radius 2 is 1.88 bits per heavy atom. The third-order valence-corrected chi connectivity index (χ3v) is 3.64. The van der Waals surface area contributed by atoms with Crippen molar-refractivity contribution in [3.63, 3.8) is 0 Å². The molecular formula is C20H16O4. The highest BCUT2D eigenvalue weighted by atomic mass is 16.6. The standard InChI is InChI=1S/C20H16O4/c1-2-18(21)24-19-16-11-7-6-8-14(16)12-13-17(19)20(22)23-15-9-4-3-5-10-15/h2,4,6-13H,1,3,5H2. The van der Waals surface area contributed by atoms with Gasteiger partial charge in [-0.1, -0.05) is 43.0 Å². The summed E-state index contributed by atoms with van der Waals surface area (Å²) >= 11 is 0. The Morgan fingerprint density at radius 3 is 2.62 bits per heavy atom. The molecule has 0 heterocycles. The van der Waals surface area contributed by atoms with E-state index in [4.69, 9.17) is 9.47 Å². The molecule has 0 N–H and O–H groups in total. The number of carbonyl (C=O) groups excluding carboxylic acids is 2. The Labute approximate surface area is 139 Å². The monoisotopic (exact) mass is 320 g/mol. The van der Waals surface area contributed by atoms with Gasteiger partial charge in [0.25, 0.3) is 0 Å². The van der Waals surface area contributed by atoms with Gasteiger partial charge in [0.15, 0.2) is 5.75 Å². The molecule has 0 aliphatic heterocycles. The summed E-state index contributed by atoms with van der Waals surface area (Å²) < 4.78 is 10.7. The van der Waals surface area contributed by atoms with Crippen molar-refractivity contribution in [2.45, 2.75) is 12.8 Å². The fourth-order valence-corrected chi connectivity index (χ4v) is 2.48. The first-order chi connectivity index (χ1) is 11.7. The van der Waals surface area contributed by atoms with Crippen LogP contribution < -0.4 is 4.74 Å². The lowest BCUT2D eigenvalue weighted by Crippen LogP contribution is -2.11. The van der Waals surface area contributed by atoms with E-state index in [1.807, 2.05) is 30.4 Å². The maximum absolute atomic E-state index is 12.5. The fraction of sp³-hybridized carbons (Fsp3) is 0.100. The van der Waals surface area contributed by atoms with Crippen molar-refractivity contribution in [2.24, 2.45) is 0 Å². The van der Waals surface area contributed by atoms with Crippen molar-refractivity contribution in [3.8, 4) is 5.75 Å². The summed E-state index contributed by atoms with van der Waals surface area (Å²) in [6.45, 7) is 3.40. The molecule has 1 aliphatic rings. The molecule has 0 radical (unpaired) electrons. The van der Waals surface area contributed by atoms with Gasteiger partial charge in [0.05, 0.1) is 0 Å². The molecule has 2 aromatic carbocycles. The Bertz CT molecular complexity index is 874. The third-order valence-electron chi connectivity index (χ3n) is 3.64. The molecule has 2 aromatic rings. The van der Waals surface area contributed by atoms with E-state index in [0.29, 0.717) is 11.1 Å². The van der Waals surface area contributed by atoms with Crippen LogP contribution in [0.4, 0.5) is 0 Å². The van der Waals surface area contributed by atoms with Gasteiger partial charge in [-0.2, -0.15) is 0 Å². The second-order valence-electron chi connectivity index (χ2n) is 5.26. The summed E-state index contributed by atoms with van der Waals surface area (Å²) in [5.41, 5.74) is 0.198. The van der Waals surface area contributed by atoms with Crippen molar-refractivity contribution < 1.29 is 19.1 Å². The van der Waals surface area contributed by atoms with Crippen LogP contribution in [0.1, 0.15) is 23.2 Å². The smallest absolute Gasteiger partial charge is 0.347 e. The Morgan fingerprint density at radius 1 is 1.04 bits per heavy atom. The fourth-order valence-electron chi connectivity index (χ4n) is 2.48. The summed E-state index contributed by atoms with van der Waals surface area (Å²) in [5, 5.41) is 1.52. The van der Waals surface area contributed by atoms with Gasteiger partial charge in [-0.15, -0.1) is 0 Å². The number of esters is 2. The van der Waals surface area contributed by atoms with Crippen molar-refractivity contribution in [2.75, 3.05) is 0 Å². The van der Waals surface area contributed by atoms with E-state index in [0.717, 1.165) is 24.3 Å². The average Bonchev–Trinajstić information content (AvgIpc) is 2.62. The number of hydrogen-bond donors (Lipinski definition) is 0. The quantitative estimate of drug-likeness (QED) is 0.478. The van der Waals surface area contributed by atoms with E-state index >= 15 is 0 Å². The van der Waals surface area contributed by atoms with Crippen LogP contribution in [0, 0.1) is 0 Å². The number of hydrogen-bond acceptors (Lipinski definition) is 4. The Kier molecular flexibility index (Phi) is 4.57. The van der Waals surface area contributed by atoms with Crippen LogP contribution in [0.5, 0.6) is 5.75 Å². The van der Waals surface area contributed by atoms with E-state index in [1.54, 1.807) is 24.3 Å². The van der Waals surface area contributed by atoms with Crippen molar-refractivity contribution in [3.05, 3.63) is 78.6 Å². The predicted octanol–water partition coefficient (Wildman–Crippen LogP) is 4.32. The minimum atomic E-state index is -0.628. The molecule has 0 saturated carbocycles. The number of benzene rings is 2. The zero-order valence-electron chi connectivity index (χ0n) is 13.0. The highest BCUT2D eigenvalue weighted by Gasteiger charge is 2.20. The molecular weight excluding hydrogens is 304 g/mol. The first kappa shape index (κ1) is 15.7. The van der Waals surface area contributed by atoms with E-state index in [2.05, 4.69) is 6.58 Å². The van der Waals surface area contributed by atoms with Crippen LogP contribution in [-0.4, -0.2) is 11.9 Å². The molecule has 4 heteroatoms. The molecule has 3 rings (SSSR count). The average molecular weight is 320 g/mol. The summed E-state index contributed by atoms with van der Waals surface area (Å²) in [4.78, 5) is 24.2. The highest BCUT2D eigenvalue weighted by Crippen LogP contribution is 2.31. The SMILES string of the molecule is C=CC(=O)Oc1c(C(=O)OC2=CCCC=C2)ccc2ccccc12. The number of carbonyl (C=O) groups is 2. The van der Waals surface area contributed by atoms with Crippen LogP contribution in [-0.2, 0) is 9.53 Å². The molecule has 0 amide bonds. The van der Waals surface area contributed by atoms with Crippen molar-refractivity contribution in [1.82, 2.24) is 0 Å². The zero-order valence-corrected chi connectivity index (χ0v) is 13.0. The predicted molar refractivity (Wildman–Crippen MR) is 91.7 cm³/mol. The summed E-state index contributed by atoms with van der Waals surface area (Å²) in [5.74, 6) is -0.508. The largest absolute Gasteiger partial charge is 0.423 e.